The molecule has 0 bridgehead atoms. The Morgan fingerprint density at radius 1 is 0.376 bits per heavy atom. The van der Waals surface area contributed by atoms with Gasteiger partial charge in [0.25, 0.3) is 0 Å². The van der Waals surface area contributed by atoms with Crippen LogP contribution in [0.1, 0.15) is 235 Å². The quantitative estimate of drug-likeness (QED) is 0.0445. The predicted molar refractivity (Wildman–Crippen MR) is 405 cm³/mol. The second-order valence-electron chi connectivity index (χ2n) is 23.4. The zero-order valence-electron chi connectivity index (χ0n) is 59.7. The molecule has 0 aromatic rings. The molecule has 0 heterocycles. The highest BCUT2D eigenvalue weighted by Crippen LogP contribution is 2.13. The first-order valence-electron chi connectivity index (χ1n) is 31.5. The number of rotatable bonds is 34. The average Bonchev–Trinajstić information content (AvgIpc) is 3.43. The van der Waals surface area contributed by atoms with Gasteiger partial charge in [-0.1, -0.05) is 311 Å². The molecule has 0 saturated heterocycles. The Morgan fingerprint density at radius 2 is 0.788 bits per heavy atom. The highest BCUT2D eigenvalue weighted by atomic mass is 14.0. The summed E-state index contributed by atoms with van der Waals surface area (Å²) in [6, 6.07) is 0. The molecule has 0 heteroatoms. The van der Waals surface area contributed by atoms with Crippen molar-refractivity contribution in [2.45, 2.75) is 235 Å². The Kier molecular flexibility index (Phi) is 76.4. The number of hydrogen-bond donors (Lipinski definition) is 0. The third-order valence-corrected chi connectivity index (χ3v) is 11.9. The molecule has 0 fully saturated rings. The second kappa shape index (κ2) is 70.2. The molecule has 0 amide bonds. The van der Waals surface area contributed by atoms with E-state index in [0.29, 0.717) is 5.92 Å². The third-order valence-electron chi connectivity index (χ3n) is 11.9. The van der Waals surface area contributed by atoms with E-state index >= 15 is 0 Å². The Morgan fingerprint density at radius 3 is 1.15 bits per heavy atom. The van der Waals surface area contributed by atoms with Crippen molar-refractivity contribution in [1.82, 2.24) is 0 Å². The zero-order valence-corrected chi connectivity index (χ0v) is 59.7. The van der Waals surface area contributed by atoms with Gasteiger partial charge in [0, 0.05) is 0 Å². The first-order valence-corrected chi connectivity index (χ1v) is 31.5. The Bertz CT molecular complexity index is 2270. The maximum Gasteiger partial charge on any atom is -0.00814 e. The summed E-state index contributed by atoms with van der Waals surface area (Å²) in [6.07, 6.45) is 66.7. The van der Waals surface area contributed by atoms with E-state index in [0.717, 1.165) is 106 Å². The Balaban J connectivity index is -0.000000168. The third kappa shape index (κ3) is 97.2. The van der Waals surface area contributed by atoms with Gasteiger partial charge in [0.15, 0.2) is 0 Å². The van der Waals surface area contributed by atoms with Crippen molar-refractivity contribution < 1.29 is 0 Å². The number of hydrogen-bond acceptors (Lipinski definition) is 0. The minimum absolute atomic E-state index is 0.482. The lowest BCUT2D eigenvalue weighted by molar-refractivity contribution is 0.663. The zero-order chi connectivity index (χ0) is 66.8. The topological polar surface area (TPSA) is 0 Å². The SMILES string of the molecule is C=C/C(=C\CC=C(C)C)CC.C=C/C(C)=C/CC=C(C)C.C=C/C=C/C/C=C(\C)CCC=C(C)C.C=CC(=C)CC/C=C(/C)CCC=C(C)C.C=CC(=C)CC/C=C(C)/C=C\CC(C)C.C=CC(=C)CCC=C(C)C.C=CC(C)/C=C\C=C(C)C. The molecular weight excluding hydrogens is 1020 g/mol. The summed E-state index contributed by atoms with van der Waals surface area (Å²) in [4.78, 5) is 0. The van der Waals surface area contributed by atoms with Crippen molar-refractivity contribution in [2.75, 3.05) is 0 Å². The normalized spacial score (nSPS) is 11.3. The van der Waals surface area contributed by atoms with Gasteiger partial charge in [-0.2, -0.15) is 0 Å². The van der Waals surface area contributed by atoms with Crippen LogP contribution in [0.2, 0.25) is 0 Å². The van der Waals surface area contributed by atoms with Crippen molar-refractivity contribution in [2.24, 2.45) is 11.8 Å². The molecule has 0 nitrogen and oxygen atoms in total. The Hall–Kier alpha value is -6.24. The van der Waals surface area contributed by atoms with E-state index < -0.39 is 0 Å². The molecule has 0 spiro atoms. The van der Waals surface area contributed by atoms with E-state index in [9.17, 15) is 0 Å². The van der Waals surface area contributed by atoms with Gasteiger partial charge in [-0.25, -0.2) is 0 Å². The maximum atomic E-state index is 3.90. The largest absolute Gasteiger partial charge is 0.102 e. The first kappa shape index (κ1) is 92.5. The van der Waals surface area contributed by atoms with Crippen LogP contribution < -0.4 is 0 Å². The summed E-state index contributed by atoms with van der Waals surface area (Å²) in [5, 5.41) is 0. The maximum absolute atomic E-state index is 3.90. The Labute approximate surface area is 533 Å². The van der Waals surface area contributed by atoms with Gasteiger partial charge in [-0.05, 0) is 219 Å². The molecule has 476 valence electrons. The molecular formula is C85H136. The van der Waals surface area contributed by atoms with E-state index in [4.69, 9.17) is 0 Å². The minimum atomic E-state index is 0.482. The lowest BCUT2D eigenvalue weighted by Gasteiger charge is -2.00. The van der Waals surface area contributed by atoms with Gasteiger partial charge in [0.2, 0.25) is 0 Å². The molecule has 85 heavy (non-hydrogen) atoms. The van der Waals surface area contributed by atoms with Crippen LogP contribution in [0.25, 0.3) is 0 Å². The standard InChI is InChI=1S/2C15H24.C14H22.C11H18.3C10H16/c2*1-6-14(4)10-8-12-15(5)11-7-9-13(2)3;1-5-6-7-8-11-14(4)12-9-10-13(2)3;1-5-11(6-2)9-7-8-10(3)4;3*1-5-10(4)8-6-7-9(2)3/h6,9,12H,1,4,7-8,10-11H2,2-3,5H3;6-7,11-13H,1,4,8-10H2,2-3,5H3;5-7,10-11H,1,8-9,12H2,2-4H3;5,8-9H,1,6-7H2,2-4H3;5,7-8H,1,6H2,2-4H3;5-8,10H,1H2,2-4H3;5,7H,1,4,6,8H2,2-3H3/b15-12-;11-7-,15-12+;7-6+,14-11+;11-9+;10-8+;8-6-;. The smallest absolute Gasteiger partial charge is 0.00814 e. The van der Waals surface area contributed by atoms with Gasteiger partial charge < -0.3 is 0 Å². The van der Waals surface area contributed by atoms with Crippen LogP contribution in [0.5, 0.6) is 0 Å². The van der Waals surface area contributed by atoms with Crippen LogP contribution in [0.4, 0.5) is 0 Å². The molecule has 0 radical (unpaired) electrons. The molecule has 0 saturated carbocycles. The fourth-order valence-electron chi connectivity index (χ4n) is 6.14. The van der Waals surface area contributed by atoms with Crippen molar-refractivity contribution in [3.8, 4) is 0 Å². The fourth-order valence-corrected chi connectivity index (χ4v) is 6.14. The summed E-state index contributed by atoms with van der Waals surface area (Å²) < 4.78 is 0. The van der Waals surface area contributed by atoms with Crippen LogP contribution in [0, 0.1) is 11.8 Å². The van der Waals surface area contributed by atoms with Crippen LogP contribution >= 0.6 is 0 Å². The van der Waals surface area contributed by atoms with E-state index in [2.05, 4.69) is 301 Å². The molecule has 0 aliphatic carbocycles. The van der Waals surface area contributed by atoms with Gasteiger partial charge in [-0.15, -0.1) is 6.58 Å². The van der Waals surface area contributed by atoms with Crippen LogP contribution in [0.15, 0.2) is 290 Å². The van der Waals surface area contributed by atoms with Crippen molar-refractivity contribution in [3.63, 3.8) is 0 Å². The molecule has 1 unspecified atom stereocenters. The number of allylic oxidation sites excluding steroid dienone is 38. The predicted octanol–water partition coefficient (Wildman–Crippen LogP) is 29.2. The van der Waals surface area contributed by atoms with E-state index in [1.165, 1.54) is 74.1 Å². The molecule has 0 aromatic carbocycles. The summed E-state index contributed by atoms with van der Waals surface area (Å²) >= 11 is 0. The van der Waals surface area contributed by atoms with Gasteiger partial charge >= 0.3 is 0 Å². The first-order chi connectivity index (χ1) is 40.0. The molecule has 1 atom stereocenters. The monoisotopic (exact) mass is 1160 g/mol. The second-order valence-corrected chi connectivity index (χ2v) is 23.4. The van der Waals surface area contributed by atoms with Crippen molar-refractivity contribution >= 4 is 0 Å². The highest BCUT2D eigenvalue weighted by molar-refractivity contribution is 5.20. The molecule has 0 N–H and O–H groups in total. The van der Waals surface area contributed by atoms with E-state index in [1.54, 1.807) is 0 Å². The summed E-state index contributed by atoms with van der Waals surface area (Å²) in [6.45, 7) is 80.1. The van der Waals surface area contributed by atoms with Crippen molar-refractivity contribution in [1.29, 1.82) is 0 Å². The summed E-state index contributed by atoms with van der Waals surface area (Å²) in [5.41, 5.74) is 18.5. The molecule has 0 rings (SSSR count). The molecule has 0 aromatic heterocycles. The van der Waals surface area contributed by atoms with Crippen molar-refractivity contribution in [3.05, 3.63) is 290 Å². The summed E-state index contributed by atoms with van der Waals surface area (Å²) in [5.74, 6) is 1.23. The van der Waals surface area contributed by atoms with Gasteiger partial charge in [-0.3, -0.25) is 0 Å². The van der Waals surface area contributed by atoms with E-state index in [-0.39, 0.29) is 0 Å². The van der Waals surface area contributed by atoms with Gasteiger partial charge in [0.1, 0.15) is 0 Å². The van der Waals surface area contributed by atoms with E-state index in [1.807, 2.05) is 48.6 Å². The molecule has 0 aliphatic rings. The lowest BCUT2D eigenvalue weighted by Crippen LogP contribution is -1.81. The van der Waals surface area contributed by atoms with Gasteiger partial charge in [0.05, 0.1) is 0 Å². The lowest BCUT2D eigenvalue weighted by atomic mass is 10.1. The average molecular weight is 1160 g/mol. The molecule has 0 aliphatic heterocycles. The van der Waals surface area contributed by atoms with Crippen LogP contribution in [0.3, 0.4) is 0 Å². The minimum Gasteiger partial charge on any atom is -0.102 e. The highest BCUT2D eigenvalue weighted by Gasteiger charge is 1.93. The fraction of sp³-hybridized carbons (Fsp3) is 0.435. The summed E-state index contributed by atoms with van der Waals surface area (Å²) in [7, 11) is 0. The van der Waals surface area contributed by atoms with Crippen LogP contribution in [-0.2, 0) is 0 Å². The van der Waals surface area contributed by atoms with Crippen LogP contribution in [-0.4, -0.2) is 0 Å².